The second-order valence-corrected chi connectivity index (χ2v) is 8.47. The summed E-state index contributed by atoms with van der Waals surface area (Å²) in [4.78, 5) is 17.0. The quantitative estimate of drug-likeness (QED) is 0.260. The number of fused-ring (bicyclic) bond motifs is 1. The lowest BCUT2D eigenvalue weighted by Crippen LogP contribution is -2.25. The molecule has 3 nitrogen and oxygen atoms in total. The van der Waals surface area contributed by atoms with Crippen LogP contribution in [0.3, 0.4) is 0 Å². The molecule has 0 bridgehead atoms. The molecule has 1 amide bonds. The van der Waals surface area contributed by atoms with Crippen LogP contribution in [0.15, 0.2) is 77.7 Å². The molecule has 0 aliphatic rings. The van der Waals surface area contributed by atoms with Crippen LogP contribution in [-0.4, -0.2) is 23.2 Å². The van der Waals surface area contributed by atoms with Gasteiger partial charge in [-0.1, -0.05) is 59.6 Å². The van der Waals surface area contributed by atoms with Crippen LogP contribution < -0.4 is 5.32 Å². The van der Waals surface area contributed by atoms with E-state index in [1.807, 2.05) is 36.4 Å². The van der Waals surface area contributed by atoms with Gasteiger partial charge in [0.15, 0.2) is 0 Å². The normalized spacial score (nSPS) is 11.0. The van der Waals surface area contributed by atoms with Crippen LogP contribution in [0.4, 0.5) is 0 Å². The van der Waals surface area contributed by atoms with Crippen molar-refractivity contribution < 1.29 is 4.79 Å². The number of para-hydroxylation sites is 1. The number of benzene rings is 3. The highest BCUT2D eigenvalue weighted by Gasteiger charge is 2.14. The first kappa shape index (κ1) is 19.9. The van der Waals surface area contributed by atoms with E-state index in [0.29, 0.717) is 22.2 Å². The van der Waals surface area contributed by atoms with Gasteiger partial charge in [-0.2, -0.15) is 0 Å². The monoisotopic (exact) mass is 440 g/mol. The number of hydrogen-bond donors (Lipinski definition) is 2. The van der Waals surface area contributed by atoms with Crippen molar-refractivity contribution in [2.45, 2.75) is 4.90 Å². The maximum atomic E-state index is 12.3. The molecule has 1 aromatic heterocycles. The lowest BCUT2D eigenvalue weighted by atomic mass is 10.1. The number of thioether (sulfide) groups is 1. The molecule has 0 spiro atoms. The molecule has 6 heteroatoms. The summed E-state index contributed by atoms with van der Waals surface area (Å²) in [7, 11) is 0. The first-order chi connectivity index (χ1) is 14.1. The Morgan fingerprint density at radius 3 is 2.52 bits per heavy atom. The van der Waals surface area contributed by atoms with Crippen LogP contribution in [0.1, 0.15) is 10.4 Å². The van der Waals surface area contributed by atoms with Gasteiger partial charge in [-0.25, -0.2) is 0 Å². The molecule has 0 aliphatic carbocycles. The Morgan fingerprint density at radius 2 is 1.72 bits per heavy atom. The number of hydrogen-bond acceptors (Lipinski definition) is 2. The molecule has 0 unspecified atom stereocenters. The highest BCUT2D eigenvalue weighted by molar-refractivity contribution is 7.99. The number of halogens is 2. The van der Waals surface area contributed by atoms with Crippen LogP contribution in [0.25, 0.3) is 22.2 Å². The molecule has 1 heterocycles. The van der Waals surface area contributed by atoms with E-state index in [1.165, 1.54) is 10.3 Å². The lowest BCUT2D eigenvalue weighted by molar-refractivity contribution is 0.0956. The predicted octanol–water partition coefficient (Wildman–Crippen LogP) is 6.66. The molecule has 0 saturated carbocycles. The van der Waals surface area contributed by atoms with Gasteiger partial charge in [0.05, 0.1) is 5.69 Å². The molecule has 3 aromatic carbocycles. The van der Waals surface area contributed by atoms with Gasteiger partial charge < -0.3 is 10.3 Å². The van der Waals surface area contributed by atoms with Crippen LogP contribution in [0.5, 0.6) is 0 Å². The van der Waals surface area contributed by atoms with Crippen molar-refractivity contribution in [3.63, 3.8) is 0 Å². The average Bonchev–Trinajstić information content (AvgIpc) is 3.10. The third-order valence-corrected chi connectivity index (χ3v) is 6.12. The van der Waals surface area contributed by atoms with Crippen LogP contribution in [0, 0.1) is 0 Å². The molecule has 0 atom stereocenters. The zero-order valence-corrected chi connectivity index (χ0v) is 17.7. The average molecular weight is 441 g/mol. The van der Waals surface area contributed by atoms with Gasteiger partial charge in [0.2, 0.25) is 0 Å². The number of carbonyl (C=O) groups excluding carboxylic acids is 1. The van der Waals surface area contributed by atoms with Gasteiger partial charge in [0.1, 0.15) is 0 Å². The number of aromatic nitrogens is 1. The van der Waals surface area contributed by atoms with Crippen molar-refractivity contribution in [2.75, 3.05) is 12.3 Å². The van der Waals surface area contributed by atoms with Gasteiger partial charge in [0.25, 0.3) is 5.91 Å². The number of carbonyl (C=O) groups is 1. The lowest BCUT2D eigenvalue weighted by Gasteiger charge is -2.07. The highest BCUT2D eigenvalue weighted by Crippen LogP contribution is 2.37. The van der Waals surface area contributed by atoms with E-state index in [9.17, 15) is 4.79 Å². The van der Waals surface area contributed by atoms with Gasteiger partial charge in [-0.3, -0.25) is 4.79 Å². The predicted molar refractivity (Wildman–Crippen MR) is 123 cm³/mol. The number of rotatable bonds is 6. The second kappa shape index (κ2) is 8.95. The summed E-state index contributed by atoms with van der Waals surface area (Å²) >= 11 is 13.7. The topological polar surface area (TPSA) is 44.9 Å². The Kier molecular flexibility index (Phi) is 6.14. The third kappa shape index (κ3) is 4.61. The summed E-state index contributed by atoms with van der Waals surface area (Å²) in [6.45, 7) is 0.551. The molecule has 4 aromatic rings. The second-order valence-electron chi connectivity index (χ2n) is 6.50. The van der Waals surface area contributed by atoms with Crippen LogP contribution >= 0.6 is 35.0 Å². The van der Waals surface area contributed by atoms with E-state index in [0.717, 1.165) is 22.5 Å². The van der Waals surface area contributed by atoms with Crippen LogP contribution in [0.2, 0.25) is 10.0 Å². The zero-order chi connectivity index (χ0) is 20.2. The minimum Gasteiger partial charge on any atom is -0.354 e. The molecule has 0 saturated heterocycles. The summed E-state index contributed by atoms with van der Waals surface area (Å²) < 4.78 is 0. The van der Waals surface area contributed by atoms with Gasteiger partial charge >= 0.3 is 0 Å². The Morgan fingerprint density at radius 1 is 0.931 bits per heavy atom. The number of H-pyrrole nitrogens is 1. The Labute approximate surface area is 183 Å². The standard InChI is InChI=1S/C23H18Cl2N2OS/c24-17-10-8-15(9-11-17)21-22(19-6-1-2-7-20(19)27-21)29-13-12-26-23(28)16-4-3-5-18(25)14-16/h1-11,14,27H,12-13H2,(H,26,28). The maximum absolute atomic E-state index is 12.3. The van der Waals surface area contributed by atoms with Crippen molar-refractivity contribution in [3.8, 4) is 11.3 Å². The number of aromatic amines is 1. The highest BCUT2D eigenvalue weighted by atomic mass is 35.5. The van der Waals surface area contributed by atoms with E-state index in [-0.39, 0.29) is 5.91 Å². The van der Waals surface area contributed by atoms with Crippen LogP contribution in [-0.2, 0) is 0 Å². The molecule has 29 heavy (non-hydrogen) atoms. The van der Waals surface area contributed by atoms with Crippen molar-refractivity contribution in [3.05, 3.63) is 88.4 Å². The first-order valence-corrected chi connectivity index (χ1v) is 10.9. The molecule has 0 fully saturated rings. The van der Waals surface area contributed by atoms with E-state index in [2.05, 4.69) is 22.4 Å². The van der Waals surface area contributed by atoms with Crippen molar-refractivity contribution in [2.24, 2.45) is 0 Å². The minimum absolute atomic E-state index is 0.120. The van der Waals surface area contributed by atoms with Crippen molar-refractivity contribution >= 4 is 51.8 Å². The molecular formula is C23H18Cl2N2OS. The summed E-state index contributed by atoms with van der Waals surface area (Å²) in [5, 5.41) is 5.39. The van der Waals surface area contributed by atoms with E-state index in [4.69, 9.17) is 23.2 Å². The smallest absolute Gasteiger partial charge is 0.251 e. The van der Waals surface area contributed by atoms with Gasteiger partial charge in [-0.05, 0) is 42.0 Å². The Hall–Kier alpha value is -2.40. The summed E-state index contributed by atoms with van der Waals surface area (Å²) in [6, 6.07) is 23.0. The third-order valence-electron chi connectivity index (χ3n) is 4.51. The van der Waals surface area contributed by atoms with E-state index < -0.39 is 0 Å². The maximum Gasteiger partial charge on any atom is 0.251 e. The van der Waals surface area contributed by atoms with Crippen molar-refractivity contribution in [1.82, 2.24) is 10.3 Å². The molecule has 0 aliphatic heterocycles. The molecule has 2 N–H and O–H groups in total. The fourth-order valence-corrected chi connectivity index (χ4v) is 4.51. The summed E-state index contributed by atoms with van der Waals surface area (Å²) in [5.41, 5.74) is 3.80. The summed E-state index contributed by atoms with van der Waals surface area (Å²) in [5.74, 6) is 0.624. The van der Waals surface area contributed by atoms with Gasteiger partial charge in [0, 0.05) is 43.7 Å². The SMILES string of the molecule is O=C(NCCSc1c(-c2ccc(Cl)cc2)[nH]c2ccccc12)c1cccc(Cl)c1. The minimum atomic E-state index is -0.120. The summed E-state index contributed by atoms with van der Waals surface area (Å²) in [6.07, 6.45) is 0. The fraction of sp³-hybridized carbons (Fsp3) is 0.0870. The zero-order valence-electron chi connectivity index (χ0n) is 15.4. The van der Waals surface area contributed by atoms with E-state index >= 15 is 0 Å². The number of nitrogens with one attached hydrogen (secondary N) is 2. The molecule has 4 rings (SSSR count). The number of amides is 1. The van der Waals surface area contributed by atoms with E-state index in [1.54, 1.807) is 36.0 Å². The fourth-order valence-electron chi connectivity index (χ4n) is 3.14. The molecular weight excluding hydrogens is 423 g/mol. The van der Waals surface area contributed by atoms with Gasteiger partial charge in [-0.15, -0.1) is 11.8 Å². The Bertz CT molecular complexity index is 1160. The van der Waals surface area contributed by atoms with Crippen molar-refractivity contribution in [1.29, 1.82) is 0 Å². The largest absolute Gasteiger partial charge is 0.354 e. The molecule has 146 valence electrons. The Balaban J connectivity index is 1.49. The first-order valence-electron chi connectivity index (χ1n) is 9.15. The molecule has 0 radical (unpaired) electrons.